The minimum atomic E-state index is -1.23. The summed E-state index contributed by atoms with van der Waals surface area (Å²) >= 11 is 0. The topological polar surface area (TPSA) is 177 Å². The Hall–Kier alpha value is -2.83. The molecule has 3 atom stereocenters. The molecule has 11 nitrogen and oxygen atoms in total. The van der Waals surface area contributed by atoms with Crippen molar-refractivity contribution in [2.45, 2.75) is 36.7 Å². The minimum absolute atomic E-state index is 0.0202. The molecule has 2 amide bonds. The first-order valence-electron chi connectivity index (χ1n) is 10.1. The summed E-state index contributed by atoms with van der Waals surface area (Å²) in [5.74, 6) is -1.85. The first-order valence-corrected chi connectivity index (χ1v) is 10.1. The molecule has 0 radical (unpaired) electrons. The molecule has 2 heterocycles. The van der Waals surface area contributed by atoms with Gasteiger partial charge in [-0.1, -0.05) is 6.07 Å². The molecule has 1 saturated carbocycles. The molecule has 31 heavy (non-hydrogen) atoms. The standard InChI is InChI=1S/C19H25BN4O7/c1-19(22,18(28)23-5-14(21)25)8-24-6-9(7-24)30-13-3-2-10-11-4-12(11)20(29)31-16(10)15(13)17(26)27/h2-3,9,11-12,29H,4-8,22H2,1H3,(H2,21,25)(H,23,28)(H,26,27)/t11?,12-,19?/m1/s1. The molecule has 166 valence electrons. The Morgan fingerprint density at radius 1 is 1.39 bits per heavy atom. The van der Waals surface area contributed by atoms with Gasteiger partial charge in [-0.25, -0.2) is 4.79 Å². The van der Waals surface area contributed by atoms with Gasteiger partial charge < -0.3 is 36.3 Å². The van der Waals surface area contributed by atoms with Gasteiger partial charge in [-0.15, -0.1) is 0 Å². The highest BCUT2D eigenvalue weighted by atomic mass is 16.5. The van der Waals surface area contributed by atoms with E-state index in [1.54, 1.807) is 19.1 Å². The lowest BCUT2D eigenvalue weighted by Crippen LogP contribution is -2.64. The van der Waals surface area contributed by atoms with E-state index in [0.717, 1.165) is 12.0 Å². The number of nitrogens with zero attached hydrogens (tertiary/aromatic N) is 1. The lowest BCUT2D eigenvalue weighted by atomic mass is 9.77. The Morgan fingerprint density at radius 3 is 2.74 bits per heavy atom. The summed E-state index contributed by atoms with van der Waals surface area (Å²) in [6.45, 7) is 2.38. The summed E-state index contributed by atoms with van der Waals surface area (Å²) in [6, 6.07) is 3.43. The van der Waals surface area contributed by atoms with E-state index in [-0.39, 0.29) is 48.0 Å². The zero-order valence-corrected chi connectivity index (χ0v) is 17.0. The van der Waals surface area contributed by atoms with Crippen molar-refractivity contribution in [2.75, 3.05) is 26.2 Å². The van der Waals surface area contributed by atoms with Gasteiger partial charge in [0.2, 0.25) is 11.8 Å². The summed E-state index contributed by atoms with van der Waals surface area (Å²) in [6.07, 6.45) is 0.485. The maximum absolute atomic E-state index is 12.1. The number of hydrogen-bond donors (Lipinski definition) is 5. The van der Waals surface area contributed by atoms with Gasteiger partial charge in [0.05, 0.1) is 6.54 Å². The average molecular weight is 432 g/mol. The third-order valence-corrected chi connectivity index (χ3v) is 5.92. The molecule has 2 fully saturated rings. The van der Waals surface area contributed by atoms with Crippen LogP contribution in [0.2, 0.25) is 5.82 Å². The van der Waals surface area contributed by atoms with E-state index in [0.29, 0.717) is 13.1 Å². The normalized spacial score (nSPS) is 24.0. The van der Waals surface area contributed by atoms with E-state index < -0.39 is 30.4 Å². The monoisotopic (exact) mass is 432 g/mol. The number of carbonyl (C=O) groups is 3. The zero-order chi connectivity index (χ0) is 22.5. The number of aromatic carboxylic acids is 1. The van der Waals surface area contributed by atoms with Crippen LogP contribution in [0.4, 0.5) is 0 Å². The van der Waals surface area contributed by atoms with E-state index in [1.807, 2.05) is 4.90 Å². The Kier molecular flexibility index (Phi) is 5.32. The van der Waals surface area contributed by atoms with Crippen LogP contribution >= 0.6 is 0 Å². The van der Waals surface area contributed by atoms with Gasteiger partial charge in [-0.3, -0.25) is 14.5 Å². The molecule has 0 spiro atoms. The third kappa shape index (κ3) is 4.18. The number of rotatable bonds is 8. The molecule has 2 unspecified atom stereocenters. The number of amides is 2. The maximum Gasteiger partial charge on any atom is 0.526 e. The number of carboxylic acid groups (broad SMARTS) is 1. The molecular formula is C19H25BN4O7. The van der Waals surface area contributed by atoms with Crippen molar-refractivity contribution in [3.8, 4) is 11.5 Å². The smallest absolute Gasteiger partial charge is 0.526 e. The van der Waals surface area contributed by atoms with Crippen LogP contribution in [-0.2, 0) is 9.59 Å². The number of fused-ring (bicyclic) bond motifs is 3. The molecule has 1 saturated heterocycles. The number of nitrogens with one attached hydrogen (secondary N) is 1. The number of benzene rings is 1. The number of carbonyl (C=O) groups excluding carboxylic acids is 2. The second-order valence-corrected chi connectivity index (χ2v) is 8.68. The van der Waals surface area contributed by atoms with E-state index >= 15 is 0 Å². The van der Waals surface area contributed by atoms with Crippen LogP contribution in [0.25, 0.3) is 0 Å². The molecular weight excluding hydrogens is 407 g/mol. The fourth-order valence-electron chi connectivity index (χ4n) is 4.21. The fraction of sp³-hybridized carbons (Fsp3) is 0.526. The largest absolute Gasteiger partial charge is 0.535 e. The van der Waals surface area contributed by atoms with E-state index in [9.17, 15) is 24.5 Å². The molecule has 1 aromatic carbocycles. The second kappa shape index (κ2) is 7.70. The van der Waals surface area contributed by atoms with E-state index in [2.05, 4.69) is 5.32 Å². The Balaban J connectivity index is 1.38. The van der Waals surface area contributed by atoms with E-state index in [1.165, 1.54) is 0 Å². The number of hydrogen-bond acceptors (Lipinski definition) is 8. The Bertz CT molecular complexity index is 934. The van der Waals surface area contributed by atoms with Gasteiger partial charge in [0, 0.05) is 25.5 Å². The predicted molar refractivity (Wildman–Crippen MR) is 109 cm³/mol. The van der Waals surface area contributed by atoms with Crippen LogP contribution in [0.1, 0.15) is 35.2 Å². The highest BCUT2D eigenvalue weighted by molar-refractivity contribution is 6.48. The van der Waals surface area contributed by atoms with Crippen molar-refractivity contribution in [3.05, 3.63) is 23.3 Å². The molecule has 4 rings (SSSR count). The van der Waals surface area contributed by atoms with Crippen LogP contribution in [0.3, 0.4) is 0 Å². The van der Waals surface area contributed by atoms with Gasteiger partial charge >= 0.3 is 13.1 Å². The van der Waals surface area contributed by atoms with Crippen molar-refractivity contribution >= 4 is 24.9 Å². The predicted octanol–water partition coefficient (Wildman–Crippen LogP) is -1.50. The summed E-state index contributed by atoms with van der Waals surface area (Å²) in [4.78, 5) is 36.7. The lowest BCUT2D eigenvalue weighted by molar-refractivity contribution is -0.129. The highest BCUT2D eigenvalue weighted by Gasteiger charge is 2.54. The fourth-order valence-corrected chi connectivity index (χ4v) is 4.21. The van der Waals surface area contributed by atoms with Crippen LogP contribution < -0.4 is 26.2 Å². The summed E-state index contributed by atoms with van der Waals surface area (Å²) in [7, 11) is -1.01. The number of primary amides is 1. The van der Waals surface area contributed by atoms with Gasteiger partial charge in [0.25, 0.3) is 0 Å². The SMILES string of the molecule is CC(N)(CN1CC(Oc2ccc3c(c2C(=O)O)OB(O)[C@@H]2CC32)C1)C(=O)NCC(N)=O. The Labute approximate surface area is 178 Å². The first-order chi connectivity index (χ1) is 14.6. The van der Waals surface area contributed by atoms with Crippen molar-refractivity contribution in [1.82, 2.24) is 10.2 Å². The second-order valence-electron chi connectivity index (χ2n) is 8.68. The molecule has 1 aromatic rings. The van der Waals surface area contributed by atoms with Crippen LogP contribution in [0, 0.1) is 0 Å². The van der Waals surface area contributed by atoms with E-state index in [4.69, 9.17) is 20.9 Å². The average Bonchev–Trinajstić information content (AvgIpc) is 3.45. The molecule has 1 aliphatic carbocycles. The van der Waals surface area contributed by atoms with Gasteiger partial charge in [-0.05, 0) is 30.9 Å². The van der Waals surface area contributed by atoms with Crippen LogP contribution in [0.15, 0.2) is 12.1 Å². The molecule has 2 aliphatic heterocycles. The maximum atomic E-state index is 12.1. The molecule has 12 heteroatoms. The van der Waals surface area contributed by atoms with Crippen molar-refractivity contribution in [3.63, 3.8) is 0 Å². The third-order valence-electron chi connectivity index (χ3n) is 5.92. The van der Waals surface area contributed by atoms with Gasteiger partial charge in [-0.2, -0.15) is 0 Å². The lowest BCUT2D eigenvalue weighted by Gasteiger charge is -2.42. The summed E-state index contributed by atoms with van der Waals surface area (Å²) in [5, 5.41) is 22.1. The quantitative estimate of drug-likeness (QED) is 0.306. The summed E-state index contributed by atoms with van der Waals surface area (Å²) in [5.41, 5.74) is 10.5. The molecule has 7 N–H and O–H groups in total. The number of carboxylic acids is 1. The van der Waals surface area contributed by atoms with Crippen LogP contribution in [0.5, 0.6) is 11.5 Å². The molecule has 0 bridgehead atoms. The van der Waals surface area contributed by atoms with Crippen molar-refractivity contribution < 1.29 is 33.9 Å². The first kappa shape index (κ1) is 21.4. The summed E-state index contributed by atoms with van der Waals surface area (Å²) < 4.78 is 11.4. The number of likely N-dealkylation sites (tertiary alicyclic amines) is 1. The van der Waals surface area contributed by atoms with Crippen LogP contribution in [-0.4, -0.2) is 77.8 Å². The number of ether oxygens (including phenoxy) is 1. The molecule has 0 aromatic heterocycles. The van der Waals surface area contributed by atoms with Crippen molar-refractivity contribution in [1.29, 1.82) is 0 Å². The zero-order valence-electron chi connectivity index (χ0n) is 17.0. The number of nitrogens with two attached hydrogens (primary N) is 2. The van der Waals surface area contributed by atoms with Crippen molar-refractivity contribution in [2.24, 2.45) is 11.5 Å². The highest BCUT2D eigenvalue weighted by Crippen LogP contribution is 2.60. The minimum Gasteiger partial charge on any atom is -0.535 e. The van der Waals surface area contributed by atoms with Gasteiger partial charge in [0.15, 0.2) is 0 Å². The van der Waals surface area contributed by atoms with Gasteiger partial charge in [0.1, 0.15) is 28.7 Å². The molecule has 3 aliphatic rings. The Morgan fingerprint density at radius 2 is 2.10 bits per heavy atom.